The van der Waals surface area contributed by atoms with Crippen LogP contribution in [-0.2, 0) is 6.54 Å². The first kappa shape index (κ1) is 16.2. The van der Waals surface area contributed by atoms with E-state index >= 15 is 0 Å². The van der Waals surface area contributed by atoms with Gasteiger partial charge in [-0.3, -0.25) is 10.00 Å². The van der Waals surface area contributed by atoms with Gasteiger partial charge < -0.3 is 5.11 Å². The van der Waals surface area contributed by atoms with Crippen LogP contribution in [0.3, 0.4) is 0 Å². The average Bonchev–Trinajstić information content (AvgIpc) is 3.12. The van der Waals surface area contributed by atoms with E-state index < -0.39 is 6.10 Å². The van der Waals surface area contributed by atoms with E-state index in [1.165, 1.54) is 17.7 Å². The van der Waals surface area contributed by atoms with E-state index in [2.05, 4.69) is 33.3 Å². The lowest BCUT2D eigenvalue weighted by Crippen LogP contribution is -2.35. The number of hydrogen-bond acceptors (Lipinski definition) is 3. The summed E-state index contributed by atoms with van der Waals surface area (Å²) in [7, 11) is 0. The molecule has 2 N–H and O–H groups in total. The van der Waals surface area contributed by atoms with Gasteiger partial charge in [-0.25, -0.2) is 4.39 Å². The maximum atomic E-state index is 13.0. The Balaban J connectivity index is 1.38. The van der Waals surface area contributed by atoms with E-state index in [-0.39, 0.29) is 11.7 Å². The van der Waals surface area contributed by atoms with E-state index in [0.29, 0.717) is 0 Å². The molecule has 4 rings (SSSR count). The van der Waals surface area contributed by atoms with Crippen LogP contribution in [0.25, 0.3) is 10.9 Å². The minimum absolute atomic E-state index is 0.227. The Morgan fingerprint density at radius 3 is 2.68 bits per heavy atom. The number of nitrogens with one attached hydrogen (secondary N) is 1. The number of H-pyrrole nitrogens is 1. The van der Waals surface area contributed by atoms with E-state index in [0.717, 1.165) is 48.9 Å². The minimum atomic E-state index is -0.515. The van der Waals surface area contributed by atoms with Gasteiger partial charge in [0.05, 0.1) is 17.8 Å². The highest BCUT2D eigenvalue weighted by molar-refractivity contribution is 5.81. The van der Waals surface area contributed by atoms with Crippen LogP contribution in [0.15, 0.2) is 48.7 Å². The van der Waals surface area contributed by atoms with Gasteiger partial charge in [-0.2, -0.15) is 5.10 Å². The van der Waals surface area contributed by atoms with Crippen molar-refractivity contribution in [2.24, 2.45) is 5.92 Å². The SMILES string of the molecule is OC(c1ccc(F)cc1)C1CCN(Cc2cccc3cn[nH]c23)CC1. The van der Waals surface area contributed by atoms with Crippen molar-refractivity contribution >= 4 is 10.9 Å². The summed E-state index contributed by atoms with van der Waals surface area (Å²) in [6.45, 7) is 2.79. The molecule has 2 aromatic carbocycles. The molecular weight excluding hydrogens is 317 g/mol. The molecule has 3 aromatic rings. The van der Waals surface area contributed by atoms with Gasteiger partial charge in [-0.15, -0.1) is 0 Å². The summed E-state index contributed by atoms with van der Waals surface area (Å²) in [6, 6.07) is 12.5. The summed E-state index contributed by atoms with van der Waals surface area (Å²) in [5, 5.41) is 18.9. The number of likely N-dealkylation sites (tertiary alicyclic amines) is 1. The number of nitrogens with zero attached hydrogens (tertiary/aromatic N) is 2. The second-order valence-electron chi connectivity index (χ2n) is 6.86. The van der Waals surface area contributed by atoms with Crippen LogP contribution in [0.4, 0.5) is 4.39 Å². The van der Waals surface area contributed by atoms with Crippen molar-refractivity contribution in [3.63, 3.8) is 0 Å². The number of aliphatic hydroxyl groups excluding tert-OH is 1. The van der Waals surface area contributed by atoms with Crippen molar-refractivity contribution in [3.05, 3.63) is 65.6 Å². The van der Waals surface area contributed by atoms with E-state index in [1.54, 1.807) is 12.1 Å². The Morgan fingerprint density at radius 2 is 1.92 bits per heavy atom. The van der Waals surface area contributed by atoms with Gasteiger partial charge in [-0.1, -0.05) is 30.3 Å². The Bertz CT molecular complexity index is 838. The zero-order valence-electron chi connectivity index (χ0n) is 14.0. The fraction of sp³-hybridized carbons (Fsp3) is 0.350. The quantitative estimate of drug-likeness (QED) is 0.763. The predicted molar refractivity (Wildman–Crippen MR) is 95.5 cm³/mol. The second kappa shape index (κ2) is 6.94. The van der Waals surface area contributed by atoms with Crippen molar-refractivity contribution in [2.75, 3.05) is 13.1 Å². The highest BCUT2D eigenvalue weighted by Gasteiger charge is 2.26. The van der Waals surface area contributed by atoms with Crippen LogP contribution in [0, 0.1) is 11.7 Å². The number of rotatable bonds is 4. The second-order valence-corrected chi connectivity index (χ2v) is 6.86. The third kappa shape index (κ3) is 3.43. The van der Waals surface area contributed by atoms with Gasteiger partial charge in [0.15, 0.2) is 0 Å². The van der Waals surface area contributed by atoms with Crippen LogP contribution in [0.5, 0.6) is 0 Å². The first-order valence-electron chi connectivity index (χ1n) is 8.77. The standard InChI is InChI=1S/C20H22FN3O/c21-18-6-4-14(5-7-18)20(25)15-8-10-24(11-9-15)13-17-3-1-2-16-12-22-23-19(16)17/h1-7,12,15,20,25H,8-11,13H2,(H,22,23). The van der Waals surface area contributed by atoms with E-state index in [9.17, 15) is 9.50 Å². The number of benzene rings is 2. The average molecular weight is 339 g/mol. The third-order valence-corrected chi connectivity index (χ3v) is 5.25. The number of piperidine rings is 1. The minimum Gasteiger partial charge on any atom is -0.388 e. The number of para-hydroxylation sites is 1. The number of halogens is 1. The van der Waals surface area contributed by atoms with Gasteiger partial charge in [0.25, 0.3) is 0 Å². The molecule has 1 saturated heterocycles. The van der Waals surface area contributed by atoms with Crippen LogP contribution < -0.4 is 0 Å². The summed E-state index contributed by atoms with van der Waals surface area (Å²) in [5.74, 6) is -0.0385. The molecule has 0 bridgehead atoms. The van der Waals surface area contributed by atoms with Crippen LogP contribution >= 0.6 is 0 Å². The predicted octanol–water partition coefficient (Wildman–Crippen LogP) is 3.65. The first-order valence-corrected chi connectivity index (χ1v) is 8.77. The number of aliphatic hydroxyl groups is 1. The van der Waals surface area contributed by atoms with Crippen LogP contribution in [0.2, 0.25) is 0 Å². The molecule has 0 aliphatic carbocycles. The summed E-state index contributed by atoms with van der Waals surface area (Å²) in [5.41, 5.74) is 3.17. The lowest BCUT2D eigenvalue weighted by molar-refractivity contribution is 0.0568. The Kier molecular flexibility index (Phi) is 4.51. The third-order valence-electron chi connectivity index (χ3n) is 5.25. The zero-order valence-corrected chi connectivity index (χ0v) is 14.0. The zero-order chi connectivity index (χ0) is 17.2. The Hall–Kier alpha value is -2.24. The molecule has 5 heteroatoms. The van der Waals surface area contributed by atoms with Crippen molar-refractivity contribution in [1.29, 1.82) is 0 Å². The number of hydrogen-bond donors (Lipinski definition) is 2. The summed E-state index contributed by atoms with van der Waals surface area (Å²) < 4.78 is 13.0. The van der Waals surface area contributed by atoms with Crippen molar-refractivity contribution < 1.29 is 9.50 Å². The maximum absolute atomic E-state index is 13.0. The Labute approximate surface area is 146 Å². The molecule has 1 aliphatic rings. The fourth-order valence-electron chi connectivity index (χ4n) is 3.76. The van der Waals surface area contributed by atoms with E-state index in [4.69, 9.17) is 0 Å². The van der Waals surface area contributed by atoms with Gasteiger partial charge in [0.1, 0.15) is 5.82 Å². The molecule has 1 atom stereocenters. The number of fused-ring (bicyclic) bond motifs is 1. The molecule has 0 amide bonds. The van der Waals surface area contributed by atoms with Gasteiger partial charge in [-0.05, 0) is 55.1 Å². The van der Waals surface area contributed by atoms with Gasteiger partial charge in [0.2, 0.25) is 0 Å². The molecule has 0 spiro atoms. The van der Waals surface area contributed by atoms with Crippen molar-refractivity contribution in [3.8, 4) is 0 Å². The topological polar surface area (TPSA) is 52.1 Å². The molecule has 130 valence electrons. The molecule has 0 saturated carbocycles. The number of aromatic nitrogens is 2. The summed E-state index contributed by atoms with van der Waals surface area (Å²) in [4.78, 5) is 2.42. The molecule has 0 radical (unpaired) electrons. The lowest BCUT2D eigenvalue weighted by atomic mass is 9.87. The van der Waals surface area contributed by atoms with Crippen LogP contribution in [0.1, 0.15) is 30.1 Å². The van der Waals surface area contributed by atoms with Crippen LogP contribution in [-0.4, -0.2) is 33.3 Å². The molecule has 1 aromatic heterocycles. The highest BCUT2D eigenvalue weighted by atomic mass is 19.1. The summed E-state index contributed by atoms with van der Waals surface area (Å²) >= 11 is 0. The first-order chi connectivity index (χ1) is 12.2. The molecule has 4 nitrogen and oxygen atoms in total. The Morgan fingerprint density at radius 1 is 1.16 bits per heavy atom. The molecule has 25 heavy (non-hydrogen) atoms. The fourth-order valence-corrected chi connectivity index (χ4v) is 3.76. The summed E-state index contributed by atoms with van der Waals surface area (Å²) in [6.07, 6.45) is 3.22. The van der Waals surface area contributed by atoms with Crippen molar-refractivity contribution in [2.45, 2.75) is 25.5 Å². The molecular formula is C20H22FN3O. The molecule has 2 heterocycles. The molecule has 1 aliphatic heterocycles. The normalized spacial score (nSPS) is 17.8. The largest absolute Gasteiger partial charge is 0.388 e. The molecule has 1 unspecified atom stereocenters. The highest BCUT2D eigenvalue weighted by Crippen LogP contribution is 2.31. The maximum Gasteiger partial charge on any atom is 0.123 e. The monoisotopic (exact) mass is 339 g/mol. The van der Waals surface area contributed by atoms with Crippen molar-refractivity contribution in [1.82, 2.24) is 15.1 Å². The van der Waals surface area contributed by atoms with E-state index in [1.807, 2.05) is 6.20 Å². The molecule has 1 fully saturated rings. The van der Waals surface area contributed by atoms with Gasteiger partial charge in [0, 0.05) is 11.9 Å². The smallest absolute Gasteiger partial charge is 0.123 e. The lowest BCUT2D eigenvalue weighted by Gasteiger charge is -2.34. The van der Waals surface area contributed by atoms with Gasteiger partial charge >= 0.3 is 0 Å². The number of aromatic amines is 1.